The lowest BCUT2D eigenvalue weighted by atomic mass is 10.1. The quantitative estimate of drug-likeness (QED) is 0.802. The van der Waals surface area contributed by atoms with Gasteiger partial charge in [0.2, 0.25) is 9.84 Å². The molecule has 0 saturated carbocycles. The van der Waals surface area contributed by atoms with Gasteiger partial charge in [-0.2, -0.15) is 8.78 Å². The van der Waals surface area contributed by atoms with Gasteiger partial charge in [0.25, 0.3) is 0 Å². The van der Waals surface area contributed by atoms with Gasteiger partial charge in [-0.1, -0.05) is 19.1 Å². The second-order valence-corrected chi connectivity index (χ2v) is 5.83. The van der Waals surface area contributed by atoms with Crippen LogP contribution in [0.25, 0.3) is 0 Å². The summed E-state index contributed by atoms with van der Waals surface area (Å²) in [5.41, 5.74) is 0.627. The third-order valence-corrected chi connectivity index (χ3v) is 3.81. The van der Waals surface area contributed by atoms with Crippen LogP contribution < -0.4 is 0 Å². The van der Waals surface area contributed by atoms with Gasteiger partial charge in [0, 0.05) is 12.8 Å². The highest BCUT2D eigenvalue weighted by molar-refractivity contribution is 7.91. The fraction of sp³-hybridized carbons (Fsp3) is 0.417. The molecule has 1 rings (SSSR count). The monoisotopic (exact) mass is 276 g/mol. The van der Waals surface area contributed by atoms with Crippen LogP contribution in [0.4, 0.5) is 8.78 Å². The molecule has 0 atom stereocenters. The number of benzene rings is 1. The number of hydrogen-bond donors (Lipinski definition) is 0. The first-order valence-corrected chi connectivity index (χ1v) is 7.05. The Morgan fingerprint density at radius 3 is 2.22 bits per heavy atom. The van der Waals surface area contributed by atoms with Crippen molar-refractivity contribution in [2.24, 2.45) is 0 Å². The molecule has 18 heavy (non-hydrogen) atoms. The van der Waals surface area contributed by atoms with Gasteiger partial charge in [0.05, 0.1) is 4.90 Å². The van der Waals surface area contributed by atoms with E-state index in [1.54, 1.807) is 0 Å². The second-order valence-electron chi connectivity index (χ2n) is 3.92. The average Bonchev–Trinajstić information content (AvgIpc) is 2.29. The van der Waals surface area contributed by atoms with Crippen LogP contribution in [0.5, 0.6) is 0 Å². The predicted octanol–water partition coefficient (Wildman–Crippen LogP) is 2.59. The van der Waals surface area contributed by atoms with Gasteiger partial charge in [-0.05, 0) is 24.1 Å². The number of alkyl halides is 2. The Kier molecular flexibility index (Phi) is 4.95. The van der Waals surface area contributed by atoms with Crippen molar-refractivity contribution in [1.29, 1.82) is 0 Å². The lowest BCUT2D eigenvalue weighted by Gasteiger charge is -2.04. The van der Waals surface area contributed by atoms with Crippen molar-refractivity contribution in [3.8, 4) is 0 Å². The second kappa shape index (κ2) is 6.04. The van der Waals surface area contributed by atoms with Gasteiger partial charge in [-0.15, -0.1) is 0 Å². The molecule has 0 spiro atoms. The zero-order valence-corrected chi connectivity index (χ0v) is 10.7. The maximum Gasteiger partial charge on any atom is 0.341 e. The van der Waals surface area contributed by atoms with Crippen LogP contribution in [-0.2, 0) is 21.1 Å². The minimum atomic E-state index is -4.55. The van der Waals surface area contributed by atoms with E-state index in [0.29, 0.717) is 12.0 Å². The first-order chi connectivity index (χ1) is 8.37. The van der Waals surface area contributed by atoms with Gasteiger partial charge in [-0.25, -0.2) is 8.42 Å². The van der Waals surface area contributed by atoms with Crippen LogP contribution in [0, 0.1) is 0 Å². The molecule has 0 aromatic heterocycles. The summed E-state index contributed by atoms with van der Waals surface area (Å²) in [6, 6.07) is 5.00. The van der Waals surface area contributed by atoms with Crippen LogP contribution in [0.3, 0.4) is 0 Å². The maximum absolute atomic E-state index is 12.3. The van der Waals surface area contributed by atoms with Gasteiger partial charge in [0.1, 0.15) is 5.78 Å². The SMILES string of the molecule is CCCC(=O)Cc1ccc(S(=O)(=O)C(F)F)cc1. The molecule has 0 unspecified atom stereocenters. The molecule has 100 valence electrons. The highest BCUT2D eigenvalue weighted by atomic mass is 32.2. The van der Waals surface area contributed by atoms with E-state index in [9.17, 15) is 22.0 Å². The number of carbonyl (C=O) groups excluding carboxylic acids is 1. The highest BCUT2D eigenvalue weighted by Gasteiger charge is 2.26. The van der Waals surface area contributed by atoms with Crippen molar-refractivity contribution >= 4 is 15.6 Å². The predicted molar refractivity (Wildman–Crippen MR) is 63.3 cm³/mol. The molecule has 0 saturated heterocycles. The Balaban J connectivity index is 2.84. The van der Waals surface area contributed by atoms with Gasteiger partial charge in [-0.3, -0.25) is 4.79 Å². The number of hydrogen-bond acceptors (Lipinski definition) is 3. The fourth-order valence-electron chi connectivity index (χ4n) is 1.49. The summed E-state index contributed by atoms with van der Waals surface area (Å²) in [6.45, 7) is 1.89. The average molecular weight is 276 g/mol. The Labute approximate surface area is 105 Å². The van der Waals surface area contributed by atoms with E-state index in [0.717, 1.165) is 18.6 Å². The number of halogens is 2. The molecule has 0 fully saturated rings. The van der Waals surface area contributed by atoms with Crippen LogP contribution in [-0.4, -0.2) is 20.0 Å². The lowest BCUT2D eigenvalue weighted by molar-refractivity contribution is -0.118. The van der Waals surface area contributed by atoms with Crippen LogP contribution >= 0.6 is 0 Å². The molecule has 0 bridgehead atoms. The molecule has 1 aromatic carbocycles. The van der Waals surface area contributed by atoms with Gasteiger partial charge >= 0.3 is 5.76 Å². The maximum atomic E-state index is 12.3. The topological polar surface area (TPSA) is 51.2 Å². The molecular weight excluding hydrogens is 262 g/mol. The largest absolute Gasteiger partial charge is 0.341 e. The summed E-state index contributed by atoms with van der Waals surface area (Å²) in [5.74, 6) is -3.38. The van der Waals surface area contributed by atoms with E-state index >= 15 is 0 Å². The number of Topliss-reactive ketones (excluding diaryl/α,β-unsaturated/α-hetero) is 1. The van der Waals surface area contributed by atoms with Crippen LogP contribution in [0.15, 0.2) is 29.2 Å². The molecule has 0 heterocycles. The van der Waals surface area contributed by atoms with Crippen LogP contribution in [0.2, 0.25) is 0 Å². The molecule has 0 N–H and O–H groups in total. The highest BCUT2D eigenvalue weighted by Crippen LogP contribution is 2.18. The Morgan fingerprint density at radius 1 is 1.22 bits per heavy atom. The third-order valence-electron chi connectivity index (χ3n) is 2.42. The normalized spacial score (nSPS) is 11.8. The zero-order chi connectivity index (χ0) is 13.8. The smallest absolute Gasteiger partial charge is 0.299 e. The molecule has 0 radical (unpaired) electrons. The molecular formula is C12H14F2O3S. The van der Waals surface area contributed by atoms with Crippen molar-refractivity contribution in [2.45, 2.75) is 36.8 Å². The first-order valence-electron chi connectivity index (χ1n) is 5.50. The molecule has 0 aliphatic rings. The van der Waals surface area contributed by atoms with Crippen molar-refractivity contribution in [3.63, 3.8) is 0 Å². The van der Waals surface area contributed by atoms with Crippen molar-refractivity contribution in [3.05, 3.63) is 29.8 Å². The minimum Gasteiger partial charge on any atom is -0.299 e. The van der Waals surface area contributed by atoms with Crippen LogP contribution in [0.1, 0.15) is 25.3 Å². The van der Waals surface area contributed by atoms with Gasteiger partial charge < -0.3 is 0 Å². The Hall–Kier alpha value is -1.30. The molecule has 0 amide bonds. The van der Waals surface area contributed by atoms with Gasteiger partial charge in [0.15, 0.2) is 0 Å². The Morgan fingerprint density at radius 2 is 1.78 bits per heavy atom. The van der Waals surface area contributed by atoms with E-state index in [2.05, 4.69) is 0 Å². The molecule has 0 aliphatic heterocycles. The summed E-state index contributed by atoms with van der Waals surface area (Å²) < 4.78 is 46.8. The van der Waals surface area contributed by atoms with E-state index in [1.807, 2.05) is 6.92 Å². The third kappa shape index (κ3) is 3.60. The first kappa shape index (κ1) is 14.8. The summed E-state index contributed by atoms with van der Waals surface area (Å²) in [7, 11) is -4.55. The number of ketones is 1. The van der Waals surface area contributed by atoms with E-state index in [-0.39, 0.29) is 12.2 Å². The zero-order valence-electron chi connectivity index (χ0n) is 9.90. The summed E-state index contributed by atoms with van der Waals surface area (Å²) in [5, 5.41) is 0. The number of carbonyl (C=O) groups is 1. The van der Waals surface area contributed by atoms with Crippen molar-refractivity contribution in [2.75, 3.05) is 0 Å². The lowest BCUT2D eigenvalue weighted by Crippen LogP contribution is -2.11. The van der Waals surface area contributed by atoms with E-state index < -0.39 is 20.5 Å². The summed E-state index contributed by atoms with van der Waals surface area (Å²) in [4.78, 5) is 10.9. The molecule has 3 nitrogen and oxygen atoms in total. The molecule has 1 aromatic rings. The summed E-state index contributed by atoms with van der Waals surface area (Å²) in [6.07, 6.45) is 1.40. The fourth-order valence-corrected chi connectivity index (χ4v) is 2.22. The van der Waals surface area contributed by atoms with E-state index in [1.165, 1.54) is 12.1 Å². The molecule has 0 aliphatic carbocycles. The molecule has 6 heteroatoms. The number of rotatable bonds is 6. The van der Waals surface area contributed by atoms with Crippen molar-refractivity contribution < 1.29 is 22.0 Å². The standard InChI is InChI=1S/C12H14F2O3S/c1-2-3-10(15)8-9-4-6-11(7-5-9)18(16,17)12(13)14/h4-7,12H,2-3,8H2,1H3. The number of sulfone groups is 1. The van der Waals surface area contributed by atoms with E-state index in [4.69, 9.17) is 0 Å². The Bertz CT molecular complexity index is 507. The minimum absolute atomic E-state index is 0.0435. The summed E-state index contributed by atoms with van der Waals surface area (Å²) >= 11 is 0. The van der Waals surface area contributed by atoms with Crippen molar-refractivity contribution in [1.82, 2.24) is 0 Å².